The molecule has 0 amide bonds. The molecule has 0 aliphatic heterocycles. The zero-order chi connectivity index (χ0) is 57.1. The number of carbonyl (C=O) groups is 3. The van der Waals surface area contributed by atoms with Gasteiger partial charge in [0.15, 0.2) is 6.10 Å². The Bertz CT molecular complexity index is 1320. The molecule has 0 N–H and O–H groups in total. The lowest BCUT2D eigenvalue weighted by Gasteiger charge is -2.18. The number of esters is 3. The van der Waals surface area contributed by atoms with E-state index in [0.29, 0.717) is 19.3 Å². The zero-order valence-corrected chi connectivity index (χ0v) is 53.4. The number of hydrogen-bond donors (Lipinski definition) is 0. The third-order valence-corrected chi connectivity index (χ3v) is 16.1. The predicted octanol–water partition coefficient (Wildman–Crippen LogP) is 24.3. The van der Waals surface area contributed by atoms with Crippen LogP contribution in [0.25, 0.3) is 0 Å². The fourth-order valence-electron chi connectivity index (χ4n) is 10.7. The van der Waals surface area contributed by atoms with Gasteiger partial charge < -0.3 is 14.2 Å². The molecule has 0 bridgehead atoms. The molecule has 6 nitrogen and oxygen atoms in total. The molecule has 79 heavy (non-hydrogen) atoms. The van der Waals surface area contributed by atoms with E-state index >= 15 is 0 Å². The third kappa shape index (κ3) is 66.3. The normalized spacial score (nSPS) is 12.2. The maximum Gasteiger partial charge on any atom is 0.306 e. The average molecular weight is 1110 g/mol. The second kappa shape index (κ2) is 68.1. The van der Waals surface area contributed by atoms with Gasteiger partial charge in [-0.15, -0.1) is 0 Å². The summed E-state index contributed by atoms with van der Waals surface area (Å²) in [6.45, 7) is 6.69. The predicted molar refractivity (Wildman–Crippen MR) is 344 cm³/mol. The Kier molecular flexibility index (Phi) is 66.1. The Morgan fingerprint density at radius 3 is 0.633 bits per heavy atom. The first-order valence-corrected chi connectivity index (χ1v) is 35.5. The number of rotatable bonds is 66. The van der Waals surface area contributed by atoms with E-state index in [2.05, 4.69) is 57.2 Å². The topological polar surface area (TPSA) is 78.9 Å². The first-order valence-electron chi connectivity index (χ1n) is 35.5. The second-order valence-corrected chi connectivity index (χ2v) is 24.1. The summed E-state index contributed by atoms with van der Waals surface area (Å²) in [4.78, 5) is 38.4. The van der Waals surface area contributed by atoms with Crippen LogP contribution in [0.2, 0.25) is 0 Å². The molecular formula is C73H136O6. The minimum Gasteiger partial charge on any atom is -0.462 e. The van der Waals surface area contributed by atoms with Crippen molar-refractivity contribution in [2.75, 3.05) is 13.2 Å². The van der Waals surface area contributed by atoms with E-state index in [9.17, 15) is 14.4 Å². The number of hydrogen-bond acceptors (Lipinski definition) is 6. The average Bonchev–Trinajstić information content (AvgIpc) is 3.45. The van der Waals surface area contributed by atoms with Gasteiger partial charge in [-0.25, -0.2) is 0 Å². The summed E-state index contributed by atoms with van der Waals surface area (Å²) in [6.07, 6.45) is 84.6. The molecule has 0 aromatic rings. The Balaban J connectivity index is 4.21. The van der Waals surface area contributed by atoms with Crippen molar-refractivity contribution in [1.29, 1.82) is 0 Å². The Morgan fingerprint density at radius 1 is 0.241 bits per heavy atom. The lowest BCUT2D eigenvalue weighted by atomic mass is 10.0. The van der Waals surface area contributed by atoms with Crippen LogP contribution in [0.15, 0.2) is 36.5 Å². The molecule has 1 atom stereocenters. The quantitative estimate of drug-likeness (QED) is 0.0261. The van der Waals surface area contributed by atoms with Gasteiger partial charge in [0.25, 0.3) is 0 Å². The summed E-state index contributed by atoms with van der Waals surface area (Å²) in [6, 6.07) is 0. The van der Waals surface area contributed by atoms with E-state index < -0.39 is 6.10 Å². The van der Waals surface area contributed by atoms with Crippen LogP contribution in [0.5, 0.6) is 0 Å². The Labute approximate surface area is 493 Å². The monoisotopic (exact) mass is 1110 g/mol. The van der Waals surface area contributed by atoms with Gasteiger partial charge in [-0.1, -0.05) is 314 Å². The van der Waals surface area contributed by atoms with E-state index in [0.717, 1.165) is 70.6 Å². The maximum absolute atomic E-state index is 12.9. The van der Waals surface area contributed by atoms with Crippen LogP contribution in [0.1, 0.15) is 393 Å². The summed E-state index contributed by atoms with van der Waals surface area (Å²) < 4.78 is 17.0. The first kappa shape index (κ1) is 76.6. The van der Waals surface area contributed by atoms with E-state index in [1.165, 1.54) is 283 Å². The van der Waals surface area contributed by atoms with Crippen LogP contribution in [-0.2, 0) is 28.6 Å². The molecule has 0 saturated heterocycles. The molecule has 0 saturated carbocycles. The van der Waals surface area contributed by atoms with Crippen LogP contribution in [0.3, 0.4) is 0 Å². The molecule has 0 aromatic heterocycles. The fraction of sp³-hybridized carbons (Fsp3) is 0.877. The highest BCUT2D eigenvalue weighted by atomic mass is 16.6. The van der Waals surface area contributed by atoms with Crippen molar-refractivity contribution in [3.63, 3.8) is 0 Å². The van der Waals surface area contributed by atoms with Crippen LogP contribution in [0.4, 0.5) is 0 Å². The lowest BCUT2D eigenvalue weighted by Crippen LogP contribution is -2.30. The highest BCUT2D eigenvalue weighted by Gasteiger charge is 2.19. The molecular weight excluding hydrogens is 973 g/mol. The van der Waals surface area contributed by atoms with E-state index in [1.807, 2.05) is 0 Å². The summed E-state index contributed by atoms with van der Waals surface area (Å²) in [7, 11) is 0. The van der Waals surface area contributed by atoms with Crippen molar-refractivity contribution >= 4 is 17.9 Å². The molecule has 6 heteroatoms. The van der Waals surface area contributed by atoms with Crippen molar-refractivity contribution < 1.29 is 28.6 Å². The molecule has 0 aliphatic carbocycles. The molecule has 0 aliphatic rings. The fourth-order valence-corrected chi connectivity index (χ4v) is 10.7. The summed E-state index contributed by atoms with van der Waals surface area (Å²) in [5.74, 6) is -0.864. The van der Waals surface area contributed by atoms with Crippen LogP contribution in [-0.4, -0.2) is 37.2 Å². The molecule has 0 rings (SSSR count). The van der Waals surface area contributed by atoms with E-state index in [-0.39, 0.29) is 31.1 Å². The highest BCUT2D eigenvalue weighted by molar-refractivity contribution is 5.71. The standard InChI is InChI=1S/C73H136O6/c1-4-7-10-13-16-19-22-25-28-31-32-33-34-35-36-37-38-39-40-41-42-43-46-48-51-54-57-60-63-66-72(75)78-69-70(79-73(76)67-64-61-58-55-52-49-45-30-27-24-21-18-15-12-9-6-3)68-77-71(74)65-62-59-56-53-50-47-44-29-26-23-20-17-14-11-8-5-2/h29-32,44-45,70H,4-28,33-43,46-69H2,1-3H3/b32-31-,44-29-,45-30-. The number of unbranched alkanes of at least 4 members (excludes halogenated alkanes) is 49. The van der Waals surface area contributed by atoms with Crippen molar-refractivity contribution in [2.24, 2.45) is 0 Å². The van der Waals surface area contributed by atoms with Gasteiger partial charge >= 0.3 is 17.9 Å². The smallest absolute Gasteiger partial charge is 0.306 e. The van der Waals surface area contributed by atoms with Crippen molar-refractivity contribution in [1.82, 2.24) is 0 Å². The second-order valence-electron chi connectivity index (χ2n) is 24.1. The molecule has 0 aromatic carbocycles. The number of carbonyl (C=O) groups excluding carboxylic acids is 3. The molecule has 1 unspecified atom stereocenters. The summed E-state index contributed by atoms with van der Waals surface area (Å²) >= 11 is 0. The minimum absolute atomic E-state index is 0.0738. The molecule has 0 radical (unpaired) electrons. The first-order chi connectivity index (χ1) is 39.0. The molecule has 0 heterocycles. The number of allylic oxidation sites excluding steroid dienone is 6. The summed E-state index contributed by atoms with van der Waals surface area (Å²) in [5, 5.41) is 0. The third-order valence-electron chi connectivity index (χ3n) is 16.1. The van der Waals surface area contributed by atoms with Crippen molar-refractivity contribution in [2.45, 2.75) is 399 Å². The highest BCUT2D eigenvalue weighted by Crippen LogP contribution is 2.18. The largest absolute Gasteiger partial charge is 0.462 e. The van der Waals surface area contributed by atoms with Crippen LogP contribution in [0, 0.1) is 0 Å². The van der Waals surface area contributed by atoms with Crippen LogP contribution < -0.4 is 0 Å². The van der Waals surface area contributed by atoms with Crippen molar-refractivity contribution in [3.8, 4) is 0 Å². The lowest BCUT2D eigenvalue weighted by molar-refractivity contribution is -0.167. The van der Waals surface area contributed by atoms with Crippen LogP contribution >= 0.6 is 0 Å². The van der Waals surface area contributed by atoms with Gasteiger partial charge in [0.2, 0.25) is 0 Å². The Hall–Kier alpha value is -2.37. The van der Waals surface area contributed by atoms with E-state index in [4.69, 9.17) is 14.2 Å². The number of ether oxygens (including phenoxy) is 3. The van der Waals surface area contributed by atoms with Gasteiger partial charge in [-0.05, 0) is 96.3 Å². The van der Waals surface area contributed by atoms with E-state index in [1.54, 1.807) is 0 Å². The minimum atomic E-state index is -0.779. The molecule has 0 fully saturated rings. The van der Waals surface area contributed by atoms with Gasteiger partial charge in [-0.3, -0.25) is 14.4 Å². The molecule has 0 spiro atoms. The maximum atomic E-state index is 12.9. The van der Waals surface area contributed by atoms with Crippen molar-refractivity contribution in [3.05, 3.63) is 36.5 Å². The molecule has 464 valence electrons. The zero-order valence-electron chi connectivity index (χ0n) is 53.4. The van der Waals surface area contributed by atoms with Gasteiger partial charge in [-0.2, -0.15) is 0 Å². The SMILES string of the molecule is CCCCCCCCC/C=C\CCCCCCCC(=O)OCC(COC(=O)CCCCCCCCCCCCCCCCCCC/C=C\CCCCCCCCCC)OC(=O)CCCCCCC/C=C\CCCCCCCCC. The Morgan fingerprint density at radius 2 is 0.418 bits per heavy atom. The summed E-state index contributed by atoms with van der Waals surface area (Å²) in [5.41, 5.74) is 0. The van der Waals surface area contributed by atoms with Gasteiger partial charge in [0.1, 0.15) is 13.2 Å². The van der Waals surface area contributed by atoms with Gasteiger partial charge in [0.05, 0.1) is 0 Å². The van der Waals surface area contributed by atoms with Gasteiger partial charge in [0, 0.05) is 19.3 Å².